The highest BCUT2D eigenvalue weighted by molar-refractivity contribution is 6.36. The van der Waals surface area contributed by atoms with Crippen molar-refractivity contribution in [1.29, 1.82) is 0 Å². The summed E-state index contributed by atoms with van der Waals surface area (Å²) < 4.78 is 6.11. The summed E-state index contributed by atoms with van der Waals surface area (Å²) in [6, 6.07) is 21.8. The highest BCUT2D eigenvalue weighted by Gasteiger charge is 2.19. The predicted molar refractivity (Wildman–Crippen MR) is 103 cm³/mol. The fraction of sp³-hybridized carbons (Fsp3) is 0. The maximum absolute atomic E-state index is 13.2. The molecule has 1 heterocycles. The summed E-state index contributed by atoms with van der Waals surface area (Å²) in [5.74, 6) is 0.494. The van der Waals surface area contributed by atoms with E-state index in [1.54, 1.807) is 30.3 Å². The molecule has 0 amide bonds. The second-order valence-electron chi connectivity index (χ2n) is 5.62. The summed E-state index contributed by atoms with van der Waals surface area (Å²) in [5.41, 5.74) is 2.27. The molecule has 2 nitrogen and oxygen atoms in total. The minimum Gasteiger partial charge on any atom is -0.455 e. The van der Waals surface area contributed by atoms with Crippen molar-refractivity contribution in [3.8, 4) is 22.5 Å². The summed E-state index contributed by atoms with van der Waals surface area (Å²) in [4.78, 5) is 13.2. The number of benzene rings is 3. The number of fused-ring (bicyclic) bond motifs is 1. The van der Waals surface area contributed by atoms with E-state index < -0.39 is 0 Å². The van der Waals surface area contributed by atoms with Crippen molar-refractivity contribution >= 4 is 34.2 Å². The smallest absolute Gasteiger partial charge is 0.201 e. The molecule has 0 N–H and O–H groups in total. The van der Waals surface area contributed by atoms with E-state index in [-0.39, 0.29) is 5.43 Å². The SMILES string of the molecule is O=c1c(-c2ccc(Cl)cc2Cl)c(-c2ccccc2)oc2ccccc12. The lowest BCUT2D eigenvalue weighted by Gasteiger charge is -2.12. The van der Waals surface area contributed by atoms with Crippen molar-refractivity contribution in [3.63, 3.8) is 0 Å². The van der Waals surface area contributed by atoms with Crippen LogP contribution >= 0.6 is 23.2 Å². The highest BCUT2D eigenvalue weighted by Crippen LogP contribution is 2.36. The zero-order valence-electron chi connectivity index (χ0n) is 13.0. The van der Waals surface area contributed by atoms with Crippen LogP contribution in [0.5, 0.6) is 0 Å². The molecule has 0 aliphatic rings. The molecule has 0 unspecified atom stereocenters. The predicted octanol–water partition coefficient (Wildman–Crippen LogP) is 6.43. The Kier molecular flexibility index (Phi) is 4.08. The van der Waals surface area contributed by atoms with Crippen molar-refractivity contribution in [2.75, 3.05) is 0 Å². The van der Waals surface area contributed by atoms with E-state index >= 15 is 0 Å². The van der Waals surface area contributed by atoms with E-state index in [0.717, 1.165) is 5.56 Å². The van der Waals surface area contributed by atoms with Crippen LogP contribution in [0.3, 0.4) is 0 Å². The van der Waals surface area contributed by atoms with Gasteiger partial charge < -0.3 is 4.42 Å². The lowest BCUT2D eigenvalue weighted by molar-refractivity contribution is 0.621. The van der Waals surface area contributed by atoms with Gasteiger partial charge in [0.25, 0.3) is 0 Å². The molecule has 0 fully saturated rings. The number of rotatable bonds is 2. The van der Waals surface area contributed by atoms with Crippen LogP contribution < -0.4 is 5.43 Å². The van der Waals surface area contributed by atoms with Gasteiger partial charge in [-0.3, -0.25) is 4.79 Å². The third-order valence-corrected chi connectivity index (χ3v) is 4.58. The summed E-state index contributed by atoms with van der Waals surface area (Å²) in [5, 5.41) is 1.44. The average Bonchev–Trinajstić information content (AvgIpc) is 2.63. The zero-order valence-corrected chi connectivity index (χ0v) is 14.5. The van der Waals surface area contributed by atoms with Crippen molar-refractivity contribution in [1.82, 2.24) is 0 Å². The Balaban J connectivity index is 2.14. The van der Waals surface area contributed by atoms with E-state index in [0.29, 0.717) is 37.9 Å². The van der Waals surface area contributed by atoms with Crippen LogP contribution in [0.15, 0.2) is 82.0 Å². The maximum Gasteiger partial charge on any atom is 0.201 e. The third-order valence-electron chi connectivity index (χ3n) is 4.03. The van der Waals surface area contributed by atoms with E-state index in [1.165, 1.54) is 0 Å². The van der Waals surface area contributed by atoms with Gasteiger partial charge in [0, 0.05) is 16.1 Å². The summed E-state index contributed by atoms with van der Waals surface area (Å²) in [7, 11) is 0. The first-order valence-electron chi connectivity index (χ1n) is 7.72. The summed E-state index contributed by atoms with van der Waals surface area (Å²) >= 11 is 12.4. The van der Waals surface area contributed by atoms with E-state index in [1.807, 2.05) is 42.5 Å². The van der Waals surface area contributed by atoms with Gasteiger partial charge in [-0.25, -0.2) is 0 Å². The zero-order chi connectivity index (χ0) is 17.4. The Morgan fingerprint density at radius 3 is 2.28 bits per heavy atom. The standard InChI is InChI=1S/C21H12Cl2O2/c22-14-10-11-15(17(23)12-14)19-20(24)16-8-4-5-9-18(16)25-21(19)13-6-2-1-3-7-13/h1-12H. The first-order chi connectivity index (χ1) is 12.1. The van der Waals surface area contributed by atoms with Crippen LogP contribution in [-0.2, 0) is 0 Å². The van der Waals surface area contributed by atoms with Crippen molar-refractivity contribution in [3.05, 3.63) is 93.1 Å². The molecule has 3 aromatic carbocycles. The number of para-hydroxylation sites is 1. The quantitative estimate of drug-likeness (QED) is 0.408. The Labute approximate surface area is 154 Å². The summed E-state index contributed by atoms with van der Waals surface area (Å²) in [6.07, 6.45) is 0. The Hall–Kier alpha value is -2.55. The molecule has 4 rings (SSSR count). The highest BCUT2D eigenvalue weighted by atomic mass is 35.5. The number of halogens is 2. The van der Waals surface area contributed by atoms with Crippen molar-refractivity contribution in [2.45, 2.75) is 0 Å². The minimum atomic E-state index is -0.120. The van der Waals surface area contributed by atoms with Crippen molar-refractivity contribution < 1.29 is 4.42 Å². The van der Waals surface area contributed by atoms with Crippen molar-refractivity contribution in [2.24, 2.45) is 0 Å². The van der Waals surface area contributed by atoms with Crippen LogP contribution in [-0.4, -0.2) is 0 Å². The van der Waals surface area contributed by atoms with Gasteiger partial charge in [-0.1, -0.05) is 71.7 Å². The fourth-order valence-corrected chi connectivity index (χ4v) is 3.37. The molecule has 4 aromatic rings. The van der Waals surface area contributed by atoms with Gasteiger partial charge in [-0.05, 0) is 24.3 Å². The maximum atomic E-state index is 13.2. The Bertz CT molecular complexity index is 1130. The molecule has 0 aliphatic carbocycles. The largest absolute Gasteiger partial charge is 0.455 e. The first-order valence-corrected chi connectivity index (χ1v) is 8.47. The molecule has 0 radical (unpaired) electrons. The monoisotopic (exact) mass is 366 g/mol. The number of hydrogen-bond donors (Lipinski definition) is 0. The molecule has 0 aliphatic heterocycles. The van der Waals surface area contributed by atoms with Crippen LogP contribution in [0, 0.1) is 0 Å². The van der Waals surface area contributed by atoms with Gasteiger partial charge in [0.05, 0.1) is 16.0 Å². The molecule has 0 spiro atoms. The molecule has 25 heavy (non-hydrogen) atoms. The number of hydrogen-bond acceptors (Lipinski definition) is 2. The van der Waals surface area contributed by atoms with Gasteiger partial charge in [-0.2, -0.15) is 0 Å². The lowest BCUT2D eigenvalue weighted by Crippen LogP contribution is -2.07. The normalized spacial score (nSPS) is 11.0. The van der Waals surface area contributed by atoms with E-state index in [9.17, 15) is 4.79 Å². The molecular formula is C21H12Cl2O2. The van der Waals surface area contributed by atoms with E-state index in [2.05, 4.69) is 0 Å². The van der Waals surface area contributed by atoms with Gasteiger partial charge >= 0.3 is 0 Å². The molecular weight excluding hydrogens is 355 g/mol. The van der Waals surface area contributed by atoms with Crippen LogP contribution in [0.1, 0.15) is 0 Å². The van der Waals surface area contributed by atoms with E-state index in [4.69, 9.17) is 27.6 Å². The molecule has 0 saturated heterocycles. The van der Waals surface area contributed by atoms with Gasteiger partial charge in [0.1, 0.15) is 11.3 Å². The summed E-state index contributed by atoms with van der Waals surface area (Å²) in [6.45, 7) is 0. The molecule has 0 atom stereocenters. The second-order valence-corrected chi connectivity index (χ2v) is 6.47. The molecule has 4 heteroatoms. The first kappa shape index (κ1) is 15.9. The Morgan fingerprint density at radius 1 is 0.800 bits per heavy atom. The average molecular weight is 367 g/mol. The fourth-order valence-electron chi connectivity index (χ4n) is 2.87. The van der Waals surface area contributed by atoms with Crippen LogP contribution in [0.4, 0.5) is 0 Å². The molecule has 122 valence electrons. The van der Waals surface area contributed by atoms with Gasteiger partial charge in [0.15, 0.2) is 0 Å². The topological polar surface area (TPSA) is 30.2 Å². The van der Waals surface area contributed by atoms with Crippen LogP contribution in [0.25, 0.3) is 33.4 Å². The second kappa shape index (κ2) is 6.40. The molecule has 0 bridgehead atoms. The lowest BCUT2D eigenvalue weighted by atomic mass is 9.98. The Morgan fingerprint density at radius 2 is 1.52 bits per heavy atom. The minimum absolute atomic E-state index is 0.120. The molecule has 1 aromatic heterocycles. The van der Waals surface area contributed by atoms with Gasteiger partial charge in [0.2, 0.25) is 5.43 Å². The van der Waals surface area contributed by atoms with Gasteiger partial charge in [-0.15, -0.1) is 0 Å². The molecule has 0 saturated carbocycles. The van der Waals surface area contributed by atoms with Crippen LogP contribution in [0.2, 0.25) is 10.0 Å². The third kappa shape index (κ3) is 2.84.